The van der Waals surface area contributed by atoms with Crippen molar-refractivity contribution in [1.29, 1.82) is 0 Å². The summed E-state index contributed by atoms with van der Waals surface area (Å²) in [6.45, 7) is 20.8. The van der Waals surface area contributed by atoms with E-state index in [4.69, 9.17) is 8.85 Å². The second-order valence-electron chi connectivity index (χ2n) is 14.0. The van der Waals surface area contributed by atoms with E-state index in [1.165, 1.54) is 32.1 Å². The molecule has 4 rings (SSSR count). The monoisotopic (exact) mass is 476 g/mol. The Labute approximate surface area is 199 Å². The number of carbonyl (C=O) groups excluding carboxylic acids is 1. The zero-order valence-electron chi connectivity index (χ0n) is 22.2. The Bertz CT molecular complexity index is 779. The summed E-state index contributed by atoms with van der Waals surface area (Å²) in [5.74, 6) is 2.52. The number of ketones is 1. The Morgan fingerprint density at radius 2 is 1.56 bits per heavy atom. The molecule has 0 aromatic heterocycles. The standard InChI is InChI=1S/C27H48O3Si2/c1-18(28)21-10-11-22-25-23(13-15-27(21,22)3)26(2)14-12-20(29-31(4,5)6)16-19(26)17-24(25)30-32(7,8)9/h17,20-25H,10-16H2,1-9H3/t20-,21?,22?,23?,24+,25?,26-,27+/m0/s1. The van der Waals surface area contributed by atoms with E-state index in [9.17, 15) is 4.79 Å². The summed E-state index contributed by atoms with van der Waals surface area (Å²) in [6.07, 6.45) is 11.4. The first-order chi connectivity index (χ1) is 14.6. The van der Waals surface area contributed by atoms with Crippen molar-refractivity contribution < 1.29 is 13.6 Å². The molecule has 0 aromatic carbocycles. The summed E-state index contributed by atoms with van der Waals surface area (Å²) in [4.78, 5) is 12.6. The minimum atomic E-state index is -1.70. The van der Waals surface area contributed by atoms with Crippen molar-refractivity contribution in [3.63, 3.8) is 0 Å². The van der Waals surface area contributed by atoms with Gasteiger partial charge in [-0.05, 0) is 120 Å². The largest absolute Gasteiger partial charge is 0.414 e. The van der Waals surface area contributed by atoms with Gasteiger partial charge in [-0.15, -0.1) is 0 Å². The number of rotatable bonds is 5. The highest BCUT2D eigenvalue weighted by atomic mass is 28.4. The van der Waals surface area contributed by atoms with Gasteiger partial charge >= 0.3 is 0 Å². The van der Waals surface area contributed by atoms with Gasteiger partial charge in [0.25, 0.3) is 0 Å². The zero-order chi connectivity index (χ0) is 23.7. The van der Waals surface area contributed by atoms with Crippen LogP contribution in [-0.2, 0) is 13.6 Å². The van der Waals surface area contributed by atoms with Gasteiger partial charge in [0.05, 0.1) is 6.10 Å². The maximum Gasteiger partial charge on any atom is 0.184 e. The molecule has 0 aromatic rings. The topological polar surface area (TPSA) is 35.5 Å². The molecular formula is C27H48O3Si2. The highest BCUT2D eigenvalue weighted by Gasteiger charge is 2.62. The van der Waals surface area contributed by atoms with E-state index in [1.54, 1.807) is 5.57 Å². The minimum Gasteiger partial charge on any atom is -0.414 e. The Kier molecular flexibility index (Phi) is 6.35. The fourth-order valence-corrected chi connectivity index (χ4v) is 10.6. The average molecular weight is 477 g/mol. The van der Waals surface area contributed by atoms with Gasteiger partial charge < -0.3 is 8.85 Å². The quantitative estimate of drug-likeness (QED) is 0.311. The predicted octanol–water partition coefficient (Wildman–Crippen LogP) is 7.20. The number of carbonyl (C=O) groups is 1. The van der Waals surface area contributed by atoms with Gasteiger partial charge in [0.2, 0.25) is 0 Å². The summed E-state index contributed by atoms with van der Waals surface area (Å²) in [6, 6.07) is 0. The maximum absolute atomic E-state index is 12.6. The Morgan fingerprint density at radius 3 is 2.16 bits per heavy atom. The van der Waals surface area contributed by atoms with Crippen LogP contribution in [-0.4, -0.2) is 34.6 Å². The first-order valence-corrected chi connectivity index (χ1v) is 20.0. The minimum absolute atomic E-state index is 0.161. The van der Waals surface area contributed by atoms with Crippen LogP contribution in [0.5, 0.6) is 0 Å². The third-order valence-electron chi connectivity index (χ3n) is 9.56. The van der Waals surface area contributed by atoms with Crippen LogP contribution in [0.1, 0.15) is 65.7 Å². The van der Waals surface area contributed by atoms with Crippen LogP contribution in [0.3, 0.4) is 0 Å². The van der Waals surface area contributed by atoms with Crippen molar-refractivity contribution in [3.8, 4) is 0 Å². The van der Waals surface area contributed by atoms with Crippen LogP contribution in [0.4, 0.5) is 0 Å². The van der Waals surface area contributed by atoms with E-state index in [2.05, 4.69) is 59.2 Å². The average Bonchev–Trinajstić information content (AvgIpc) is 2.97. The lowest BCUT2D eigenvalue weighted by Gasteiger charge is -2.60. The lowest BCUT2D eigenvalue weighted by molar-refractivity contribution is -0.130. The van der Waals surface area contributed by atoms with Crippen molar-refractivity contribution in [3.05, 3.63) is 11.6 Å². The molecule has 5 heteroatoms. The van der Waals surface area contributed by atoms with E-state index in [1.807, 2.05) is 6.92 Å². The SMILES string of the molecule is CC(=O)C1CCC2C3C(CC[C@]12C)[C@@]1(C)CC[C@H](O[Si](C)(C)C)CC1=C[C@H]3O[Si](C)(C)C. The molecule has 4 aliphatic carbocycles. The van der Waals surface area contributed by atoms with Crippen molar-refractivity contribution in [2.24, 2.45) is 34.5 Å². The molecule has 0 bridgehead atoms. The second kappa shape index (κ2) is 8.17. The highest BCUT2D eigenvalue weighted by Crippen LogP contribution is 2.66. The van der Waals surface area contributed by atoms with Crippen LogP contribution < -0.4 is 0 Å². The third kappa shape index (κ3) is 4.41. The molecule has 3 saturated carbocycles. The van der Waals surface area contributed by atoms with E-state index < -0.39 is 16.6 Å². The van der Waals surface area contributed by atoms with E-state index in [-0.39, 0.29) is 22.9 Å². The molecule has 3 fully saturated rings. The fraction of sp³-hybridized carbons (Fsp3) is 0.889. The van der Waals surface area contributed by atoms with Crippen LogP contribution in [0.15, 0.2) is 11.6 Å². The molecule has 4 aliphatic rings. The summed E-state index contributed by atoms with van der Waals surface area (Å²) in [5, 5.41) is 0. The molecule has 0 heterocycles. The smallest absolute Gasteiger partial charge is 0.184 e. The van der Waals surface area contributed by atoms with Gasteiger partial charge in [0, 0.05) is 12.0 Å². The third-order valence-corrected chi connectivity index (χ3v) is 11.6. The first kappa shape index (κ1) is 24.9. The van der Waals surface area contributed by atoms with E-state index in [0.29, 0.717) is 29.6 Å². The molecule has 8 atom stereocenters. The summed E-state index contributed by atoms with van der Waals surface area (Å²) >= 11 is 0. The van der Waals surface area contributed by atoms with Crippen molar-refractivity contribution in [1.82, 2.24) is 0 Å². The maximum atomic E-state index is 12.6. The van der Waals surface area contributed by atoms with E-state index in [0.717, 1.165) is 12.8 Å². The Morgan fingerprint density at radius 1 is 0.906 bits per heavy atom. The normalized spacial score (nSPS) is 44.3. The molecule has 4 unspecified atom stereocenters. The number of Topliss-reactive ketones (excluding diaryl/α,β-unsaturated/α-hetero) is 1. The molecule has 0 amide bonds. The van der Waals surface area contributed by atoms with Gasteiger partial charge in [0.1, 0.15) is 5.78 Å². The van der Waals surface area contributed by atoms with Crippen molar-refractivity contribution in [2.45, 2.75) is 117 Å². The lowest BCUT2D eigenvalue weighted by Crippen LogP contribution is -2.57. The van der Waals surface area contributed by atoms with Gasteiger partial charge in [-0.25, -0.2) is 0 Å². The zero-order valence-corrected chi connectivity index (χ0v) is 24.2. The molecule has 0 saturated heterocycles. The number of fused-ring (bicyclic) bond motifs is 5. The first-order valence-electron chi connectivity index (χ1n) is 13.2. The predicted molar refractivity (Wildman–Crippen MR) is 138 cm³/mol. The molecule has 32 heavy (non-hydrogen) atoms. The Balaban J connectivity index is 1.71. The Hall–Kier alpha value is -0.236. The fourth-order valence-electron chi connectivity index (χ4n) is 8.38. The van der Waals surface area contributed by atoms with Gasteiger partial charge in [-0.3, -0.25) is 4.79 Å². The second-order valence-corrected chi connectivity index (χ2v) is 22.9. The summed E-state index contributed by atoms with van der Waals surface area (Å²) in [5.41, 5.74) is 2.06. The van der Waals surface area contributed by atoms with Crippen molar-refractivity contribution >= 4 is 22.4 Å². The molecular weight excluding hydrogens is 428 g/mol. The van der Waals surface area contributed by atoms with Crippen LogP contribution in [0.25, 0.3) is 0 Å². The van der Waals surface area contributed by atoms with Crippen molar-refractivity contribution in [2.75, 3.05) is 0 Å². The lowest BCUT2D eigenvalue weighted by atomic mass is 9.46. The van der Waals surface area contributed by atoms with Gasteiger partial charge in [-0.1, -0.05) is 25.5 Å². The molecule has 182 valence electrons. The van der Waals surface area contributed by atoms with Gasteiger partial charge in [0.15, 0.2) is 16.6 Å². The molecule has 0 radical (unpaired) electrons. The molecule has 3 nitrogen and oxygen atoms in total. The molecule has 0 spiro atoms. The highest BCUT2D eigenvalue weighted by molar-refractivity contribution is 6.70. The van der Waals surface area contributed by atoms with E-state index >= 15 is 0 Å². The van der Waals surface area contributed by atoms with Crippen LogP contribution >= 0.6 is 0 Å². The molecule has 0 aliphatic heterocycles. The van der Waals surface area contributed by atoms with Crippen LogP contribution in [0.2, 0.25) is 39.3 Å². The number of hydrogen-bond donors (Lipinski definition) is 0. The summed E-state index contributed by atoms with van der Waals surface area (Å²) < 4.78 is 13.6. The van der Waals surface area contributed by atoms with Crippen LogP contribution in [0, 0.1) is 34.5 Å². The molecule has 0 N–H and O–H groups in total. The number of hydrogen-bond acceptors (Lipinski definition) is 3. The van der Waals surface area contributed by atoms with Gasteiger partial charge in [-0.2, -0.15) is 0 Å². The summed E-state index contributed by atoms with van der Waals surface area (Å²) in [7, 11) is -3.24.